The van der Waals surface area contributed by atoms with E-state index in [4.69, 9.17) is 5.11 Å². The van der Waals surface area contributed by atoms with Crippen LogP contribution >= 0.6 is 0 Å². The third kappa shape index (κ3) is 1.20. The number of aliphatic carboxylic acids is 1. The fraction of sp³-hybridized carbons (Fsp3) is 0.700. The molecule has 0 aromatic heterocycles. The van der Waals surface area contributed by atoms with Gasteiger partial charge in [-0.3, -0.25) is 0 Å². The Balaban J connectivity index is 2.06. The van der Waals surface area contributed by atoms with Crippen LogP contribution in [-0.2, 0) is 4.79 Å². The summed E-state index contributed by atoms with van der Waals surface area (Å²) in [6.45, 7) is 0. The molecule has 0 aromatic carbocycles. The molecule has 1 N–H and O–H groups in total. The third-order valence-electron chi connectivity index (χ3n) is 3.15. The Morgan fingerprint density at radius 2 is 2.17 bits per heavy atom. The first-order chi connectivity index (χ1) is 5.73. The zero-order valence-corrected chi connectivity index (χ0v) is 6.97. The Kier molecular flexibility index (Phi) is 1.61. The first-order valence-corrected chi connectivity index (χ1v) is 4.47. The fourth-order valence-electron chi connectivity index (χ4n) is 2.27. The SMILES string of the molecule is O=C(O)C#CC1CCCC12CC2. The summed E-state index contributed by atoms with van der Waals surface area (Å²) in [7, 11) is 0. The zero-order valence-electron chi connectivity index (χ0n) is 6.97. The Labute approximate surface area is 72.0 Å². The molecule has 1 atom stereocenters. The van der Waals surface area contributed by atoms with Crippen LogP contribution in [0, 0.1) is 23.2 Å². The minimum absolute atomic E-state index is 0.383. The number of hydrogen-bond acceptors (Lipinski definition) is 1. The molecule has 0 aliphatic heterocycles. The van der Waals surface area contributed by atoms with Crippen molar-refractivity contribution in [2.24, 2.45) is 11.3 Å². The van der Waals surface area contributed by atoms with E-state index in [0.29, 0.717) is 11.3 Å². The molecule has 2 aliphatic rings. The van der Waals surface area contributed by atoms with Crippen molar-refractivity contribution in [1.82, 2.24) is 0 Å². The third-order valence-corrected chi connectivity index (χ3v) is 3.15. The topological polar surface area (TPSA) is 37.3 Å². The average molecular weight is 164 g/mol. The molecule has 0 aromatic rings. The molecular weight excluding hydrogens is 152 g/mol. The molecule has 1 unspecified atom stereocenters. The summed E-state index contributed by atoms with van der Waals surface area (Å²) in [5, 5.41) is 8.39. The van der Waals surface area contributed by atoms with Gasteiger partial charge in [0.2, 0.25) is 0 Å². The number of carboxylic acid groups (broad SMARTS) is 1. The number of carbonyl (C=O) groups is 1. The van der Waals surface area contributed by atoms with Gasteiger partial charge in [0.1, 0.15) is 0 Å². The van der Waals surface area contributed by atoms with E-state index in [0.717, 1.165) is 6.42 Å². The Morgan fingerprint density at radius 3 is 2.75 bits per heavy atom. The molecule has 2 fully saturated rings. The summed E-state index contributed by atoms with van der Waals surface area (Å²) < 4.78 is 0. The molecule has 0 amide bonds. The lowest BCUT2D eigenvalue weighted by atomic mass is 9.93. The minimum Gasteiger partial charge on any atom is -0.472 e. The lowest BCUT2D eigenvalue weighted by Gasteiger charge is -2.09. The predicted octanol–water partition coefficient (Wildman–Crippen LogP) is 1.65. The van der Waals surface area contributed by atoms with Crippen LogP contribution in [0.1, 0.15) is 32.1 Å². The van der Waals surface area contributed by atoms with Crippen molar-refractivity contribution >= 4 is 5.97 Å². The van der Waals surface area contributed by atoms with E-state index in [-0.39, 0.29) is 0 Å². The van der Waals surface area contributed by atoms with Gasteiger partial charge in [0.15, 0.2) is 0 Å². The van der Waals surface area contributed by atoms with Gasteiger partial charge < -0.3 is 5.11 Å². The van der Waals surface area contributed by atoms with Crippen molar-refractivity contribution in [2.45, 2.75) is 32.1 Å². The van der Waals surface area contributed by atoms with E-state index in [9.17, 15) is 4.79 Å². The number of carboxylic acids is 1. The Bertz CT molecular complexity index is 265. The molecule has 2 nitrogen and oxygen atoms in total. The van der Waals surface area contributed by atoms with Gasteiger partial charge in [-0.05, 0) is 31.1 Å². The minimum atomic E-state index is -0.988. The molecule has 64 valence electrons. The number of hydrogen-bond donors (Lipinski definition) is 1. The average Bonchev–Trinajstić information content (AvgIpc) is 2.62. The highest BCUT2D eigenvalue weighted by atomic mass is 16.4. The molecule has 1 spiro atoms. The second kappa shape index (κ2) is 2.52. The summed E-state index contributed by atoms with van der Waals surface area (Å²) >= 11 is 0. The molecule has 2 heteroatoms. The summed E-state index contributed by atoms with van der Waals surface area (Å²) in [6.07, 6.45) is 6.16. The van der Waals surface area contributed by atoms with E-state index < -0.39 is 5.97 Å². The zero-order chi connectivity index (χ0) is 8.60. The highest BCUT2D eigenvalue weighted by Gasteiger charge is 2.51. The molecule has 0 bridgehead atoms. The lowest BCUT2D eigenvalue weighted by molar-refractivity contribution is -0.130. The molecule has 2 saturated carbocycles. The van der Waals surface area contributed by atoms with Crippen LogP contribution in [0.2, 0.25) is 0 Å². The van der Waals surface area contributed by atoms with Crippen molar-refractivity contribution in [3.63, 3.8) is 0 Å². The monoisotopic (exact) mass is 164 g/mol. The maximum atomic E-state index is 10.2. The van der Waals surface area contributed by atoms with E-state index in [2.05, 4.69) is 11.8 Å². The second-order valence-electron chi connectivity index (χ2n) is 3.88. The van der Waals surface area contributed by atoms with Gasteiger partial charge in [0.25, 0.3) is 0 Å². The fourth-order valence-corrected chi connectivity index (χ4v) is 2.27. The van der Waals surface area contributed by atoms with Crippen LogP contribution < -0.4 is 0 Å². The Morgan fingerprint density at radius 1 is 1.42 bits per heavy atom. The standard InChI is InChI=1S/C10H12O2/c11-9(12)4-3-8-2-1-5-10(8)6-7-10/h8H,1-2,5-7H2,(H,11,12). The van der Waals surface area contributed by atoms with Crippen molar-refractivity contribution in [3.05, 3.63) is 0 Å². The molecule has 0 heterocycles. The largest absolute Gasteiger partial charge is 0.472 e. The highest BCUT2D eigenvalue weighted by Crippen LogP contribution is 2.60. The smallest absolute Gasteiger partial charge is 0.381 e. The molecule has 12 heavy (non-hydrogen) atoms. The van der Waals surface area contributed by atoms with Crippen molar-refractivity contribution < 1.29 is 9.90 Å². The summed E-state index contributed by atoms with van der Waals surface area (Å²) in [5.41, 5.74) is 0.461. The Hall–Kier alpha value is -0.970. The molecule has 0 saturated heterocycles. The maximum absolute atomic E-state index is 10.2. The predicted molar refractivity (Wildman–Crippen MR) is 44.4 cm³/mol. The molecule has 2 aliphatic carbocycles. The van der Waals surface area contributed by atoms with Gasteiger partial charge in [-0.25, -0.2) is 4.79 Å². The van der Waals surface area contributed by atoms with Gasteiger partial charge >= 0.3 is 5.97 Å². The second-order valence-corrected chi connectivity index (χ2v) is 3.88. The molecule has 2 rings (SSSR count). The van der Waals surface area contributed by atoms with E-state index in [1.807, 2.05) is 0 Å². The van der Waals surface area contributed by atoms with Crippen LogP contribution in [0.3, 0.4) is 0 Å². The van der Waals surface area contributed by atoms with Crippen LogP contribution in [0.15, 0.2) is 0 Å². The van der Waals surface area contributed by atoms with Crippen LogP contribution in [0.4, 0.5) is 0 Å². The van der Waals surface area contributed by atoms with Crippen LogP contribution in [0.5, 0.6) is 0 Å². The molecular formula is C10H12O2. The summed E-state index contributed by atoms with van der Waals surface area (Å²) in [4.78, 5) is 10.2. The quantitative estimate of drug-likeness (QED) is 0.553. The van der Waals surface area contributed by atoms with Crippen LogP contribution in [-0.4, -0.2) is 11.1 Å². The van der Waals surface area contributed by atoms with Crippen molar-refractivity contribution in [2.75, 3.05) is 0 Å². The van der Waals surface area contributed by atoms with E-state index >= 15 is 0 Å². The van der Waals surface area contributed by atoms with Crippen molar-refractivity contribution in [1.29, 1.82) is 0 Å². The van der Waals surface area contributed by atoms with Gasteiger partial charge in [0.05, 0.1) is 0 Å². The van der Waals surface area contributed by atoms with Gasteiger partial charge in [0, 0.05) is 11.8 Å². The lowest BCUT2D eigenvalue weighted by Crippen LogP contribution is -2.06. The van der Waals surface area contributed by atoms with Crippen molar-refractivity contribution in [3.8, 4) is 11.8 Å². The van der Waals surface area contributed by atoms with E-state index in [1.165, 1.54) is 25.7 Å². The number of rotatable bonds is 0. The highest BCUT2D eigenvalue weighted by molar-refractivity contribution is 5.86. The van der Waals surface area contributed by atoms with Gasteiger partial charge in [-0.1, -0.05) is 12.3 Å². The molecule has 0 radical (unpaired) electrons. The van der Waals surface area contributed by atoms with Gasteiger partial charge in [-0.2, -0.15) is 0 Å². The normalized spacial score (nSPS) is 29.5. The summed E-state index contributed by atoms with van der Waals surface area (Å²) in [6, 6.07) is 0. The first kappa shape index (κ1) is 7.67. The van der Waals surface area contributed by atoms with Crippen LogP contribution in [0.25, 0.3) is 0 Å². The first-order valence-electron chi connectivity index (χ1n) is 4.47. The van der Waals surface area contributed by atoms with E-state index in [1.54, 1.807) is 0 Å². The maximum Gasteiger partial charge on any atom is 0.381 e. The van der Waals surface area contributed by atoms with Gasteiger partial charge in [-0.15, -0.1) is 0 Å². The summed E-state index contributed by atoms with van der Waals surface area (Å²) in [5.74, 6) is 4.53.